The van der Waals surface area contributed by atoms with Crippen molar-refractivity contribution in [2.45, 2.75) is 31.4 Å². The number of halogens is 1. The fourth-order valence-electron chi connectivity index (χ4n) is 4.48. The maximum Gasteiger partial charge on any atom is 0.275 e. The summed E-state index contributed by atoms with van der Waals surface area (Å²) in [5.74, 6) is 2.68. The molecule has 6 heteroatoms. The average Bonchev–Trinajstić information content (AvgIpc) is 2.84. The molecule has 5 nitrogen and oxygen atoms in total. The van der Waals surface area contributed by atoms with E-state index in [1.165, 1.54) is 18.7 Å². The number of benzene rings is 2. The lowest BCUT2D eigenvalue weighted by Gasteiger charge is -2.30. The van der Waals surface area contributed by atoms with Crippen LogP contribution in [-0.2, 0) is 5.72 Å². The lowest BCUT2D eigenvalue weighted by atomic mass is 9.99. The third-order valence-electron chi connectivity index (χ3n) is 5.75. The van der Waals surface area contributed by atoms with Crippen molar-refractivity contribution in [3.8, 4) is 11.5 Å². The summed E-state index contributed by atoms with van der Waals surface area (Å²) in [6.45, 7) is 2.67. The fourth-order valence-corrected chi connectivity index (χ4v) is 4.48. The molecular formula is C22H25BrN2O3. The molecular weight excluding hydrogens is 420 g/mol. The van der Waals surface area contributed by atoms with Crippen LogP contribution >= 0.6 is 0 Å². The molecule has 148 valence electrons. The van der Waals surface area contributed by atoms with Gasteiger partial charge in [0.1, 0.15) is 18.9 Å². The number of fused-ring (bicyclic) bond motifs is 1. The van der Waals surface area contributed by atoms with E-state index < -0.39 is 5.72 Å². The molecule has 0 aromatic heterocycles. The third kappa shape index (κ3) is 3.18. The maximum absolute atomic E-state index is 12.0. The topological polar surface area (TPSA) is 44.9 Å². The predicted molar refractivity (Wildman–Crippen MR) is 104 cm³/mol. The van der Waals surface area contributed by atoms with Gasteiger partial charge in [0.25, 0.3) is 11.6 Å². The number of para-hydroxylation sites is 1. The number of aliphatic hydroxyl groups is 1. The number of hydrogen-bond acceptors (Lipinski definition) is 4. The summed E-state index contributed by atoms with van der Waals surface area (Å²) < 4.78 is 13.8. The maximum atomic E-state index is 12.0. The number of nitrogens with zero attached hydrogens (tertiary/aromatic N) is 2. The Morgan fingerprint density at radius 2 is 1.71 bits per heavy atom. The molecule has 0 bridgehead atoms. The number of rotatable bonds is 2. The Bertz CT molecular complexity index is 887. The molecule has 3 heterocycles. The molecule has 0 fully saturated rings. The van der Waals surface area contributed by atoms with Gasteiger partial charge in [0.2, 0.25) is 0 Å². The molecule has 0 amide bonds. The van der Waals surface area contributed by atoms with Crippen LogP contribution in [0.25, 0.3) is 0 Å². The van der Waals surface area contributed by atoms with Crippen molar-refractivity contribution in [2.75, 3.05) is 31.2 Å². The van der Waals surface area contributed by atoms with E-state index in [1.807, 2.05) is 36.4 Å². The molecule has 0 spiro atoms. The molecule has 1 unspecified atom stereocenters. The Hall–Kier alpha value is -2.05. The lowest BCUT2D eigenvalue weighted by molar-refractivity contribution is -0.534. The number of anilines is 1. The second-order valence-electron chi connectivity index (χ2n) is 7.49. The Morgan fingerprint density at radius 1 is 0.929 bits per heavy atom. The van der Waals surface area contributed by atoms with Crippen LogP contribution < -0.4 is 31.4 Å². The van der Waals surface area contributed by atoms with E-state index >= 15 is 0 Å². The molecule has 28 heavy (non-hydrogen) atoms. The molecule has 0 saturated carbocycles. The minimum absolute atomic E-state index is 0. The molecule has 3 aliphatic heterocycles. The first kappa shape index (κ1) is 19.3. The van der Waals surface area contributed by atoms with Gasteiger partial charge in [-0.15, -0.1) is 0 Å². The summed E-state index contributed by atoms with van der Waals surface area (Å²) in [5.41, 5.74) is 0.745. The Balaban J connectivity index is 0.00000192. The van der Waals surface area contributed by atoms with E-state index in [0.29, 0.717) is 25.5 Å². The van der Waals surface area contributed by atoms with Crippen LogP contribution in [0, 0.1) is 0 Å². The largest absolute Gasteiger partial charge is 1.00 e. The highest BCUT2D eigenvalue weighted by Crippen LogP contribution is 2.41. The van der Waals surface area contributed by atoms with Crippen molar-refractivity contribution in [3.05, 3.63) is 54.1 Å². The van der Waals surface area contributed by atoms with Crippen LogP contribution in [0.2, 0.25) is 0 Å². The van der Waals surface area contributed by atoms with Crippen molar-refractivity contribution in [2.24, 2.45) is 0 Å². The van der Waals surface area contributed by atoms with Crippen molar-refractivity contribution in [1.82, 2.24) is 0 Å². The van der Waals surface area contributed by atoms with E-state index in [-0.39, 0.29) is 17.0 Å². The fraction of sp³-hybridized carbons (Fsp3) is 0.409. The Kier molecular flexibility index (Phi) is 5.34. The van der Waals surface area contributed by atoms with Crippen LogP contribution in [0.1, 0.15) is 31.2 Å². The zero-order valence-corrected chi connectivity index (χ0v) is 17.4. The van der Waals surface area contributed by atoms with Crippen LogP contribution in [0.4, 0.5) is 5.69 Å². The van der Waals surface area contributed by atoms with Gasteiger partial charge in [-0.05, 0) is 49.6 Å². The van der Waals surface area contributed by atoms with Crippen molar-refractivity contribution in [1.29, 1.82) is 0 Å². The minimum atomic E-state index is -1.12. The van der Waals surface area contributed by atoms with E-state index in [9.17, 15) is 5.11 Å². The highest BCUT2D eigenvalue weighted by Gasteiger charge is 2.54. The number of ether oxygens (including phenoxy) is 2. The zero-order chi connectivity index (χ0) is 18.3. The van der Waals surface area contributed by atoms with Crippen LogP contribution in [0.15, 0.2) is 48.5 Å². The van der Waals surface area contributed by atoms with Gasteiger partial charge in [-0.3, -0.25) is 4.58 Å². The van der Waals surface area contributed by atoms with Crippen molar-refractivity contribution in [3.63, 3.8) is 0 Å². The first-order valence-electron chi connectivity index (χ1n) is 9.84. The second-order valence-corrected chi connectivity index (χ2v) is 7.49. The summed E-state index contributed by atoms with van der Waals surface area (Å²) in [4.78, 5) is 2.13. The minimum Gasteiger partial charge on any atom is -1.00 e. The molecule has 0 aliphatic carbocycles. The van der Waals surface area contributed by atoms with Gasteiger partial charge in [-0.2, -0.15) is 4.90 Å². The van der Waals surface area contributed by atoms with E-state index in [1.54, 1.807) is 0 Å². The van der Waals surface area contributed by atoms with E-state index in [2.05, 4.69) is 21.6 Å². The van der Waals surface area contributed by atoms with E-state index in [0.717, 1.165) is 36.4 Å². The van der Waals surface area contributed by atoms with Crippen molar-refractivity contribution < 1.29 is 36.1 Å². The third-order valence-corrected chi connectivity index (χ3v) is 5.75. The number of hydrogen-bond donors (Lipinski definition) is 1. The highest BCUT2D eigenvalue weighted by atomic mass is 79.9. The molecule has 1 atom stereocenters. The summed E-state index contributed by atoms with van der Waals surface area (Å²) in [5, 5.41) is 12.0. The van der Waals surface area contributed by atoms with Gasteiger partial charge in [0.05, 0.1) is 6.54 Å². The van der Waals surface area contributed by atoms with E-state index in [4.69, 9.17) is 9.47 Å². The van der Waals surface area contributed by atoms with Crippen LogP contribution in [-0.4, -0.2) is 41.8 Å². The Labute approximate surface area is 176 Å². The van der Waals surface area contributed by atoms with Gasteiger partial charge in [0.15, 0.2) is 18.0 Å². The highest BCUT2D eigenvalue weighted by molar-refractivity contribution is 5.97. The quantitative estimate of drug-likeness (QED) is 0.667. The molecule has 0 radical (unpaired) electrons. The molecule has 2 aromatic rings. The number of amidine groups is 1. The van der Waals surface area contributed by atoms with Gasteiger partial charge >= 0.3 is 0 Å². The first-order chi connectivity index (χ1) is 13.3. The van der Waals surface area contributed by atoms with Gasteiger partial charge in [-0.25, -0.2) is 0 Å². The molecule has 5 rings (SSSR count). The Morgan fingerprint density at radius 3 is 2.54 bits per heavy atom. The second kappa shape index (κ2) is 7.76. The summed E-state index contributed by atoms with van der Waals surface area (Å²) in [6.07, 6.45) is 4.56. The van der Waals surface area contributed by atoms with Crippen molar-refractivity contribution >= 4 is 11.5 Å². The monoisotopic (exact) mass is 444 g/mol. The van der Waals surface area contributed by atoms with Gasteiger partial charge in [0, 0.05) is 12.0 Å². The summed E-state index contributed by atoms with van der Waals surface area (Å²) in [6, 6.07) is 16.0. The molecule has 1 N–H and O–H groups in total. The van der Waals surface area contributed by atoms with Gasteiger partial charge in [-0.1, -0.05) is 18.2 Å². The molecule has 3 aliphatic rings. The van der Waals surface area contributed by atoms with Crippen LogP contribution in [0.3, 0.4) is 0 Å². The van der Waals surface area contributed by atoms with Gasteiger partial charge < -0.3 is 31.6 Å². The van der Waals surface area contributed by atoms with Crippen LogP contribution in [0.5, 0.6) is 11.5 Å². The summed E-state index contributed by atoms with van der Waals surface area (Å²) in [7, 11) is 0. The summed E-state index contributed by atoms with van der Waals surface area (Å²) >= 11 is 0. The first-order valence-corrected chi connectivity index (χ1v) is 9.84. The molecule has 2 aromatic carbocycles. The smallest absolute Gasteiger partial charge is 0.275 e. The lowest BCUT2D eigenvalue weighted by Crippen LogP contribution is -3.00. The average molecular weight is 445 g/mol. The molecule has 0 saturated heterocycles. The predicted octanol–water partition coefficient (Wildman–Crippen LogP) is 0.112. The zero-order valence-electron chi connectivity index (χ0n) is 15.8. The normalized spacial score (nSPS) is 23.7. The SMILES string of the molecule is OC1(c2ccc3c(c2)OCCO3)C[N+]2=C(CCCCC2)N1c1ccccc1.[Br-]. The standard InChI is InChI=1S/C22H25N2O3.BrH/c25-22(17-10-11-19-20(15-17)27-14-13-26-19)16-23-12-6-2-5-9-21(23)24(22)18-7-3-1-4-8-18;/h1,3-4,7-8,10-11,15,25H,2,5-6,9,12-14,16H2;1H/q+1;/p-1.